The molecule has 0 aliphatic carbocycles. The molecule has 0 unspecified atom stereocenters. The summed E-state index contributed by atoms with van der Waals surface area (Å²) in [6, 6.07) is 2.67. The molecule has 9 heteroatoms. The normalized spacial score (nSPS) is 11.8. The molecule has 0 bridgehead atoms. The Hall–Kier alpha value is 0.310. The third-order valence-electron chi connectivity index (χ3n) is 2.22. The zero-order valence-electron chi connectivity index (χ0n) is 10.4. The fourth-order valence-corrected chi connectivity index (χ4v) is 4.86. The van der Waals surface area contributed by atoms with E-state index in [1.807, 2.05) is 0 Å². The lowest BCUT2D eigenvalue weighted by molar-refractivity contribution is 0.296. The highest BCUT2D eigenvalue weighted by molar-refractivity contribution is 7.99. The molecule has 0 heterocycles. The number of aliphatic hydroxyl groups is 1. The fourth-order valence-electron chi connectivity index (χ4n) is 1.37. The number of aliphatic hydroxyl groups excluding tert-OH is 1. The lowest BCUT2D eigenvalue weighted by atomic mass is 10.4. The molecule has 20 heavy (non-hydrogen) atoms. The van der Waals surface area contributed by atoms with Crippen LogP contribution in [0.15, 0.2) is 17.0 Å². The number of sulfonamides is 1. The maximum atomic E-state index is 12.1. The summed E-state index contributed by atoms with van der Waals surface area (Å²) in [6.07, 6.45) is 0.687. The van der Waals surface area contributed by atoms with Crippen LogP contribution >= 0.6 is 46.6 Å². The predicted molar refractivity (Wildman–Crippen MR) is 85.7 cm³/mol. The lowest BCUT2D eigenvalue weighted by Gasteiger charge is -2.10. The van der Waals surface area contributed by atoms with Gasteiger partial charge in [-0.05, 0) is 24.3 Å². The van der Waals surface area contributed by atoms with E-state index in [1.165, 1.54) is 12.1 Å². The van der Waals surface area contributed by atoms with E-state index >= 15 is 0 Å². The van der Waals surface area contributed by atoms with E-state index in [9.17, 15) is 8.42 Å². The minimum atomic E-state index is -3.77. The molecule has 0 fully saturated rings. The monoisotopic (exact) mass is 377 g/mol. The van der Waals surface area contributed by atoms with Gasteiger partial charge in [0.25, 0.3) is 0 Å². The van der Waals surface area contributed by atoms with E-state index < -0.39 is 10.0 Å². The van der Waals surface area contributed by atoms with Crippen LogP contribution in [0.1, 0.15) is 6.42 Å². The molecular formula is C11H14Cl3NO3S2. The third-order valence-corrected chi connectivity index (χ3v) is 5.89. The molecule has 0 spiro atoms. The third kappa shape index (κ3) is 5.60. The van der Waals surface area contributed by atoms with Gasteiger partial charge in [0.2, 0.25) is 10.0 Å². The largest absolute Gasteiger partial charge is 0.396 e. The zero-order valence-corrected chi connectivity index (χ0v) is 14.3. The Balaban J connectivity index is 2.66. The average molecular weight is 379 g/mol. The molecule has 4 nitrogen and oxygen atoms in total. The number of thioether (sulfide) groups is 1. The quantitative estimate of drug-likeness (QED) is 0.682. The number of hydrogen-bond acceptors (Lipinski definition) is 4. The first-order chi connectivity index (χ1) is 9.38. The van der Waals surface area contributed by atoms with Gasteiger partial charge in [0.15, 0.2) is 0 Å². The minimum absolute atomic E-state index is 0.0112. The van der Waals surface area contributed by atoms with Crippen molar-refractivity contribution in [1.29, 1.82) is 0 Å². The van der Waals surface area contributed by atoms with Crippen molar-refractivity contribution in [2.45, 2.75) is 11.3 Å². The summed E-state index contributed by atoms with van der Waals surface area (Å²) in [5.41, 5.74) is 0. The van der Waals surface area contributed by atoms with Crippen LogP contribution in [0, 0.1) is 0 Å². The molecule has 0 saturated carbocycles. The van der Waals surface area contributed by atoms with Gasteiger partial charge in [-0.3, -0.25) is 0 Å². The molecule has 114 valence electrons. The predicted octanol–water partition coefficient (Wildman–Crippen LogP) is 3.04. The Bertz CT molecular complexity index is 529. The first-order valence-electron chi connectivity index (χ1n) is 5.71. The van der Waals surface area contributed by atoms with Crippen LogP contribution in [0.2, 0.25) is 15.1 Å². The van der Waals surface area contributed by atoms with Crippen LogP contribution in [0.5, 0.6) is 0 Å². The summed E-state index contributed by atoms with van der Waals surface area (Å²) in [5.74, 6) is 1.38. The molecule has 0 aromatic heterocycles. The number of rotatable bonds is 8. The van der Waals surface area contributed by atoms with Crippen molar-refractivity contribution in [1.82, 2.24) is 4.72 Å². The van der Waals surface area contributed by atoms with Gasteiger partial charge in [-0.25, -0.2) is 13.1 Å². The number of halogens is 3. The number of hydrogen-bond donors (Lipinski definition) is 2. The van der Waals surface area contributed by atoms with E-state index in [2.05, 4.69) is 4.72 Å². The first-order valence-corrected chi connectivity index (χ1v) is 9.48. The van der Waals surface area contributed by atoms with E-state index in [0.29, 0.717) is 12.2 Å². The Morgan fingerprint density at radius 2 is 1.75 bits per heavy atom. The maximum absolute atomic E-state index is 12.1. The second-order valence-corrected chi connectivity index (χ2v) is 7.97. The second-order valence-electron chi connectivity index (χ2n) is 3.79. The van der Waals surface area contributed by atoms with E-state index in [-0.39, 0.29) is 33.1 Å². The van der Waals surface area contributed by atoms with E-state index in [0.717, 1.165) is 5.75 Å². The van der Waals surface area contributed by atoms with Crippen molar-refractivity contribution in [3.05, 3.63) is 27.2 Å². The van der Waals surface area contributed by atoms with Crippen molar-refractivity contribution in [3.8, 4) is 0 Å². The summed E-state index contributed by atoms with van der Waals surface area (Å²) in [7, 11) is -3.77. The highest BCUT2D eigenvalue weighted by Crippen LogP contribution is 2.32. The van der Waals surface area contributed by atoms with Crippen molar-refractivity contribution in [3.63, 3.8) is 0 Å². The first kappa shape index (κ1) is 18.4. The molecule has 2 N–H and O–H groups in total. The van der Waals surface area contributed by atoms with Gasteiger partial charge >= 0.3 is 0 Å². The average Bonchev–Trinajstić information content (AvgIpc) is 2.31. The topological polar surface area (TPSA) is 66.4 Å². The SMILES string of the molecule is O=S(=O)(NCCSCCCO)c1c(Cl)cc(Cl)cc1Cl. The molecule has 0 aliphatic heterocycles. The molecule has 0 atom stereocenters. The molecule has 0 saturated heterocycles. The van der Waals surface area contributed by atoms with Crippen LogP contribution < -0.4 is 4.72 Å². The summed E-state index contributed by atoms with van der Waals surface area (Å²) >= 11 is 19.0. The molecule has 0 aliphatic rings. The second kappa shape index (κ2) is 8.68. The summed E-state index contributed by atoms with van der Waals surface area (Å²) in [5, 5.41) is 8.87. The standard InChI is InChI=1S/C11H14Cl3NO3S2/c12-8-6-9(13)11(10(14)7-8)20(17,18)15-2-5-19-4-1-3-16/h6-7,15-16H,1-5H2. The van der Waals surface area contributed by atoms with Crippen LogP contribution in [0.3, 0.4) is 0 Å². The maximum Gasteiger partial charge on any atom is 0.243 e. The van der Waals surface area contributed by atoms with Gasteiger partial charge in [-0.1, -0.05) is 34.8 Å². The molecular weight excluding hydrogens is 365 g/mol. The van der Waals surface area contributed by atoms with Crippen molar-refractivity contribution >= 4 is 56.6 Å². The molecule has 1 rings (SSSR count). The Kier molecular flexibility index (Phi) is 7.97. The summed E-state index contributed by atoms with van der Waals surface area (Å²) in [4.78, 5) is -0.161. The highest BCUT2D eigenvalue weighted by atomic mass is 35.5. The fraction of sp³-hybridized carbons (Fsp3) is 0.455. The molecule has 1 aromatic rings. The highest BCUT2D eigenvalue weighted by Gasteiger charge is 2.21. The van der Waals surface area contributed by atoms with E-state index in [1.54, 1.807) is 11.8 Å². The zero-order chi connectivity index (χ0) is 15.2. The van der Waals surface area contributed by atoms with Crippen LogP contribution in [-0.2, 0) is 10.0 Å². The Morgan fingerprint density at radius 3 is 2.30 bits per heavy atom. The van der Waals surface area contributed by atoms with Crippen LogP contribution in [-0.4, -0.2) is 38.2 Å². The van der Waals surface area contributed by atoms with Gasteiger partial charge in [0.1, 0.15) is 4.90 Å². The van der Waals surface area contributed by atoms with Gasteiger partial charge in [-0.15, -0.1) is 0 Å². The van der Waals surface area contributed by atoms with Crippen molar-refractivity contribution in [2.24, 2.45) is 0 Å². The smallest absolute Gasteiger partial charge is 0.243 e. The minimum Gasteiger partial charge on any atom is -0.396 e. The Morgan fingerprint density at radius 1 is 1.15 bits per heavy atom. The lowest BCUT2D eigenvalue weighted by Crippen LogP contribution is -2.26. The van der Waals surface area contributed by atoms with Gasteiger partial charge in [0.05, 0.1) is 10.0 Å². The van der Waals surface area contributed by atoms with Crippen molar-refractivity contribution in [2.75, 3.05) is 24.7 Å². The molecule has 1 aromatic carbocycles. The van der Waals surface area contributed by atoms with Gasteiger partial charge in [0, 0.05) is 23.9 Å². The van der Waals surface area contributed by atoms with Gasteiger partial charge < -0.3 is 5.11 Å². The van der Waals surface area contributed by atoms with Crippen LogP contribution in [0.4, 0.5) is 0 Å². The molecule has 0 amide bonds. The molecule has 0 radical (unpaired) electrons. The summed E-state index contributed by atoms with van der Waals surface area (Å²) < 4.78 is 26.6. The van der Waals surface area contributed by atoms with Crippen molar-refractivity contribution < 1.29 is 13.5 Å². The van der Waals surface area contributed by atoms with Gasteiger partial charge in [-0.2, -0.15) is 11.8 Å². The van der Waals surface area contributed by atoms with Crippen LogP contribution in [0.25, 0.3) is 0 Å². The Labute approximate surface area is 137 Å². The number of benzene rings is 1. The number of nitrogens with one attached hydrogen (secondary N) is 1. The summed E-state index contributed by atoms with van der Waals surface area (Å²) in [6.45, 7) is 0.391. The van der Waals surface area contributed by atoms with E-state index in [4.69, 9.17) is 39.9 Å².